The summed E-state index contributed by atoms with van der Waals surface area (Å²) in [4.78, 5) is 27.8. The fraction of sp³-hybridized carbons (Fsp3) is 0.133. The van der Waals surface area contributed by atoms with Crippen molar-refractivity contribution < 1.29 is 14.3 Å². The van der Waals surface area contributed by atoms with E-state index in [2.05, 4.69) is 26.2 Å². The molecule has 1 amide bonds. The van der Waals surface area contributed by atoms with Gasteiger partial charge in [-0.15, -0.1) is 0 Å². The molecule has 0 fully saturated rings. The van der Waals surface area contributed by atoms with Crippen molar-refractivity contribution in [2.24, 2.45) is 0 Å². The number of para-hydroxylation sites is 1. The predicted molar refractivity (Wildman–Crippen MR) is 86.9 cm³/mol. The molecule has 0 aliphatic carbocycles. The molecule has 2 aromatic rings. The number of esters is 1. The van der Waals surface area contributed by atoms with Gasteiger partial charge < -0.3 is 10.1 Å². The van der Waals surface area contributed by atoms with E-state index in [9.17, 15) is 9.59 Å². The number of pyridine rings is 1. The third-order valence-electron chi connectivity index (χ3n) is 2.76. The van der Waals surface area contributed by atoms with Gasteiger partial charge in [0.25, 0.3) is 5.91 Å². The second kappa shape index (κ2) is 7.38. The Hall–Kier alpha value is -1.92. The number of rotatable bonds is 4. The fourth-order valence-corrected chi connectivity index (χ4v) is 2.19. The third-order valence-corrected chi connectivity index (χ3v) is 3.76. The first-order chi connectivity index (χ1) is 10.5. The molecule has 7 heteroatoms. The molecule has 0 aliphatic rings. The van der Waals surface area contributed by atoms with Crippen molar-refractivity contribution in [1.29, 1.82) is 0 Å². The number of carbonyl (C=O) groups excluding carboxylic acids is 2. The van der Waals surface area contributed by atoms with Crippen LogP contribution in [0, 0.1) is 0 Å². The summed E-state index contributed by atoms with van der Waals surface area (Å²) in [5.74, 6) is -1.15. The first-order valence-electron chi connectivity index (χ1n) is 6.36. The number of aromatic nitrogens is 1. The second-order valence-electron chi connectivity index (χ2n) is 4.36. The summed E-state index contributed by atoms with van der Waals surface area (Å²) in [5.41, 5.74) is 0.708. The van der Waals surface area contributed by atoms with Crippen LogP contribution in [0.25, 0.3) is 0 Å². The Balaban J connectivity index is 2.01. The molecule has 114 valence electrons. The van der Waals surface area contributed by atoms with E-state index in [1.807, 2.05) is 6.07 Å². The van der Waals surface area contributed by atoms with Gasteiger partial charge in [-0.05, 0) is 47.1 Å². The van der Waals surface area contributed by atoms with Crippen molar-refractivity contribution in [3.05, 3.63) is 57.8 Å². The highest BCUT2D eigenvalue weighted by molar-refractivity contribution is 9.10. The molecule has 1 unspecified atom stereocenters. The highest BCUT2D eigenvalue weighted by Crippen LogP contribution is 2.21. The number of nitrogens with zero attached hydrogens (tertiary/aromatic N) is 1. The van der Waals surface area contributed by atoms with Crippen LogP contribution < -0.4 is 5.32 Å². The lowest BCUT2D eigenvalue weighted by atomic mass is 10.2. The first kappa shape index (κ1) is 16.5. The van der Waals surface area contributed by atoms with Gasteiger partial charge in [-0.3, -0.25) is 4.79 Å². The van der Waals surface area contributed by atoms with Crippen molar-refractivity contribution in [2.45, 2.75) is 13.0 Å². The number of hydrogen-bond donors (Lipinski definition) is 1. The number of halogens is 2. The molecule has 0 spiro atoms. The minimum absolute atomic E-state index is 0.0333. The minimum Gasteiger partial charge on any atom is -0.449 e. The van der Waals surface area contributed by atoms with Crippen molar-refractivity contribution in [3.63, 3.8) is 0 Å². The van der Waals surface area contributed by atoms with Gasteiger partial charge in [0, 0.05) is 10.7 Å². The second-order valence-corrected chi connectivity index (χ2v) is 5.57. The molecule has 1 heterocycles. The smallest absolute Gasteiger partial charge is 0.342 e. The average molecular weight is 384 g/mol. The highest BCUT2D eigenvalue weighted by Gasteiger charge is 2.21. The monoisotopic (exact) mass is 382 g/mol. The average Bonchev–Trinajstić information content (AvgIpc) is 2.49. The molecular weight excluding hydrogens is 372 g/mol. The van der Waals surface area contributed by atoms with Crippen LogP contribution in [-0.2, 0) is 9.53 Å². The van der Waals surface area contributed by atoms with Crippen molar-refractivity contribution >= 4 is 45.1 Å². The third kappa shape index (κ3) is 4.05. The van der Waals surface area contributed by atoms with E-state index in [1.54, 1.807) is 24.3 Å². The van der Waals surface area contributed by atoms with Crippen LogP contribution in [0.4, 0.5) is 5.69 Å². The minimum atomic E-state index is -0.976. The summed E-state index contributed by atoms with van der Waals surface area (Å²) in [6.07, 6.45) is 0.484. The van der Waals surface area contributed by atoms with Gasteiger partial charge in [-0.2, -0.15) is 0 Å². The summed E-state index contributed by atoms with van der Waals surface area (Å²) in [5, 5.41) is 2.70. The molecule has 0 saturated heterocycles. The molecule has 0 radical (unpaired) electrons. The maximum atomic E-state index is 12.1. The lowest BCUT2D eigenvalue weighted by Gasteiger charge is -2.14. The van der Waals surface area contributed by atoms with Gasteiger partial charge in [0.1, 0.15) is 5.15 Å². The van der Waals surface area contributed by atoms with E-state index in [0.29, 0.717) is 5.69 Å². The zero-order valence-corrected chi connectivity index (χ0v) is 13.9. The van der Waals surface area contributed by atoms with Crippen LogP contribution >= 0.6 is 27.5 Å². The van der Waals surface area contributed by atoms with Crippen LogP contribution in [0.15, 0.2) is 47.1 Å². The Morgan fingerprint density at radius 3 is 2.68 bits per heavy atom. The number of benzene rings is 1. The normalized spacial score (nSPS) is 11.6. The SMILES string of the molecule is CC(OC(=O)c1cccnc1Cl)C(=O)Nc1ccccc1Br. The zero-order valence-electron chi connectivity index (χ0n) is 11.5. The Labute approximate surface area is 140 Å². The maximum absolute atomic E-state index is 12.1. The molecule has 0 aliphatic heterocycles. The zero-order chi connectivity index (χ0) is 16.1. The van der Waals surface area contributed by atoms with E-state index in [1.165, 1.54) is 19.2 Å². The fourth-order valence-electron chi connectivity index (χ4n) is 1.61. The van der Waals surface area contributed by atoms with Crippen LogP contribution in [-0.4, -0.2) is 23.0 Å². The lowest BCUT2D eigenvalue weighted by molar-refractivity contribution is -0.123. The van der Waals surface area contributed by atoms with Crippen molar-refractivity contribution in [3.8, 4) is 0 Å². The van der Waals surface area contributed by atoms with Gasteiger partial charge in [-0.1, -0.05) is 23.7 Å². The standard InChI is InChI=1S/C15H12BrClN2O3/c1-9(14(20)19-12-7-3-2-6-11(12)16)22-15(21)10-5-4-8-18-13(10)17/h2-9H,1H3,(H,19,20). The largest absolute Gasteiger partial charge is 0.449 e. The molecule has 22 heavy (non-hydrogen) atoms. The van der Waals surface area contributed by atoms with Gasteiger partial charge in [-0.25, -0.2) is 9.78 Å². The molecule has 5 nitrogen and oxygen atoms in total. The summed E-state index contributed by atoms with van der Waals surface area (Å²) in [6, 6.07) is 10.2. The Morgan fingerprint density at radius 1 is 1.27 bits per heavy atom. The molecule has 0 bridgehead atoms. The number of nitrogens with one attached hydrogen (secondary N) is 1. The number of anilines is 1. The van der Waals surface area contributed by atoms with E-state index in [0.717, 1.165) is 4.47 Å². The summed E-state index contributed by atoms with van der Waals surface area (Å²) < 4.78 is 5.83. The van der Waals surface area contributed by atoms with Gasteiger partial charge in [0.05, 0.1) is 11.3 Å². The molecular formula is C15H12BrClN2O3. The van der Waals surface area contributed by atoms with Crippen LogP contribution in [0.5, 0.6) is 0 Å². The van der Waals surface area contributed by atoms with E-state index < -0.39 is 18.0 Å². The van der Waals surface area contributed by atoms with Crippen molar-refractivity contribution in [1.82, 2.24) is 4.98 Å². The molecule has 1 aromatic heterocycles. The molecule has 0 saturated carbocycles. The van der Waals surface area contributed by atoms with Crippen LogP contribution in [0.2, 0.25) is 5.15 Å². The summed E-state index contributed by atoms with van der Waals surface area (Å²) >= 11 is 9.14. The molecule has 1 aromatic carbocycles. The molecule has 2 rings (SSSR count). The van der Waals surface area contributed by atoms with E-state index in [-0.39, 0.29) is 10.7 Å². The van der Waals surface area contributed by atoms with Gasteiger partial charge in [0.2, 0.25) is 0 Å². The number of hydrogen-bond acceptors (Lipinski definition) is 4. The number of amides is 1. The predicted octanol–water partition coefficient (Wildman–Crippen LogP) is 3.68. The van der Waals surface area contributed by atoms with E-state index >= 15 is 0 Å². The number of carbonyl (C=O) groups is 2. The Kier molecular flexibility index (Phi) is 5.51. The summed E-state index contributed by atoms with van der Waals surface area (Å²) in [6.45, 7) is 1.48. The highest BCUT2D eigenvalue weighted by atomic mass is 79.9. The van der Waals surface area contributed by atoms with Crippen LogP contribution in [0.1, 0.15) is 17.3 Å². The maximum Gasteiger partial charge on any atom is 0.342 e. The van der Waals surface area contributed by atoms with E-state index in [4.69, 9.17) is 16.3 Å². The Morgan fingerprint density at radius 2 is 2.00 bits per heavy atom. The molecule has 1 N–H and O–H groups in total. The Bertz CT molecular complexity index is 709. The molecule has 1 atom stereocenters. The number of ether oxygens (including phenoxy) is 1. The summed E-state index contributed by atoms with van der Waals surface area (Å²) in [7, 11) is 0. The van der Waals surface area contributed by atoms with Crippen LogP contribution in [0.3, 0.4) is 0 Å². The lowest BCUT2D eigenvalue weighted by Crippen LogP contribution is -2.30. The van der Waals surface area contributed by atoms with Gasteiger partial charge in [0.15, 0.2) is 6.10 Å². The quantitative estimate of drug-likeness (QED) is 0.646. The first-order valence-corrected chi connectivity index (χ1v) is 7.53. The van der Waals surface area contributed by atoms with Gasteiger partial charge >= 0.3 is 5.97 Å². The topological polar surface area (TPSA) is 68.3 Å². The van der Waals surface area contributed by atoms with Crippen molar-refractivity contribution in [2.75, 3.05) is 5.32 Å².